The maximum atomic E-state index is 13.5. The van der Waals surface area contributed by atoms with Gasteiger partial charge in [0.15, 0.2) is 10.2 Å². The highest BCUT2D eigenvalue weighted by Gasteiger charge is 2.08. The number of hydrogen-bond acceptors (Lipinski definition) is 4. The Labute approximate surface area is 123 Å². The van der Waals surface area contributed by atoms with Gasteiger partial charge < -0.3 is 10.2 Å². The first-order valence-corrected chi connectivity index (χ1v) is 6.58. The van der Waals surface area contributed by atoms with Crippen molar-refractivity contribution in [3.05, 3.63) is 47.7 Å². The number of furan rings is 1. The maximum Gasteiger partial charge on any atom is 0.184 e. The van der Waals surface area contributed by atoms with Crippen molar-refractivity contribution in [1.29, 1.82) is 0 Å². The van der Waals surface area contributed by atoms with Crippen molar-refractivity contribution in [2.45, 2.75) is 9.99 Å². The monoisotopic (exact) mass is 313 g/mol. The van der Waals surface area contributed by atoms with E-state index in [1.807, 2.05) is 0 Å². The molecule has 3 N–H and O–H groups in total. The fraction of sp³-hybridized carbons (Fsp3) is 0. The largest absolute Gasteiger partial charge is 0.448 e. The van der Waals surface area contributed by atoms with Crippen LogP contribution < -0.4 is 11.2 Å². The number of rotatable bonds is 4. The van der Waals surface area contributed by atoms with Crippen molar-refractivity contribution in [2.24, 2.45) is 10.8 Å². The van der Waals surface area contributed by atoms with E-state index in [2.05, 4.69) is 22.7 Å². The van der Waals surface area contributed by atoms with Gasteiger partial charge in [-0.05, 0) is 48.2 Å². The van der Waals surface area contributed by atoms with Gasteiger partial charge in [0.05, 0.1) is 11.1 Å². The average Bonchev–Trinajstić information content (AvgIpc) is 2.80. The third kappa shape index (κ3) is 4.04. The summed E-state index contributed by atoms with van der Waals surface area (Å²) in [6.07, 6.45) is 1.38. The fourth-order valence-electron chi connectivity index (χ4n) is 1.28. The summed E-state index contributed by atoms with van der Waals surface area (Å²) in [7, 11) is 0. The van der Waals surface area contributed by atoms with Crippen LogP contribution >= 0.6 is 24.0 Å². The second-order valence-electron chi connectivity index (χ2n) is 3.57. The minimum absolute atomic E-state index is 0.0378. The number of nitrogens with one attached hydrogen (secondary N) is 1. The van der Waals surface area contributed by atoms with E-state index in [9.17, 15) is 8.78 Å². The van der Waals surface area contributed by atoms with Gasteiger partial charge in [0.2, 0.25) is 0 Å². The fourth-order valence-corrected chi connectivity index (χ4v) is 2.12. The topological polar surface area (TPSA) is 63.5 Å². The van der Waals surface area contributed by atoms with Crippen molar-refractivity contribution < 1.29 is 13.2 Å². The summed E-state index contributed by atoms with van der Waals surface area (Å²) in [6, 6.07) is 6.65. The van der Waals surface area contributed by atoms with Gasteiger partial charge in [-0.1, -0.05) is 0 Å². The van der Waals surface area contributed by atoms with E-state index in [0.29, 0.717) is 10.9 Å². The molecule has 0 aliphatic rings. The Hall–Kier alpha value is -1.93. The van der Waals surface area contributed by atoms with Gasteiger partial charge in [-0.25, -0.2) is 8.78 Å². The Kier molecular flexibility index (Phi) is 4.70. The van der Waals surface area contributed by atoms with Crippen molar-refractivity contribution in [3.8, 4) is 0 Å². The molecule has 2 aromatic rings. The van der Waals surface area contributed by atoms with Crippen LogP contribution in [-0.4, -0.2) is 11.3 Å². The van der Waals surface area contributed by atoms with Gasteiger partial charge >= 0.3 is 0 Å². The summed E-state index contributed by atoms with van der Waals surface area (Å²) in [5, 5.41) is 4.21. The van der Waals surface area contributed by atoms with E-state index in [-0.39, 0.29) is 10.0 Å². The quantitative estimate of drug-likeness (QED) is 0.516. The summed E-state index contributed by atoms with van der Waals surface area (Å²) < 4.78 is 31.6. The number of benzene rings is 1. The molecule has 0 atom stereocenters. The number of hydrogen-bond donors (Lipinski definition) is 2. The van der Waals surface area contributed by atoms with E-state index < -0.39 is 11.6 Å². The summed E-state index contributed by atoms with van der Waals surface area (Å²) >= 11 is 5.62. The highest BCUT2D eigenvalue weighted by Crippen LogP contribution is 2.31. The SMILES string of the molecule is NC(=S)N/N=C/c1ccc(Sc2ccc(F)cc2F)o1. The molecule has 0 saturated heterocycles. The number of nitrogens with two attached hydrogens (primary N) is 1. The van der Waals surface area contributed by atoms with Crippen LogP contribution in [0.25, 0.3) is 0 Å². The molecule has 0 bridgehead atoms. The maximum absolute atomic E-state index is 13.5. The molecule has 0 unspecified atom stereocenters. The molecule has 0 aliphatic carbocycles. The lowest BCUT2D eigenvalue weighted by Crippen LogP contribution is -2.23. The Morgan fingerprint density at radius 2 is 2.15 bits per heavy atom. The molecular weight excluding hydrogens is 304 g/mol. The van der Waals surface area contributed by atoms with Gasteiger partial charge in [-0.15, -0.1) is 0 Å². The van der Waals surface area contributed by atoms with Crippen LogP contribution in [0.15, 0.2) is 49.8 Å². The van der Waals surface area contributed by atoms with Gasteiger partial charge in [0, 0.05) is 6.07 Å². The van der Waals surface area contributed by atoms with Crippen LogP contribution in [0.3, 0.4) is 0 Å². The molecule has 2 rings (SSSR count). The van der Waals surface area contributed by atoms with Crippen LogP contribution in [-0.2, 0) is 0 Å². The van der Waals surface area contributed by atoms with E-state index in [1.54, 1.807) is 12.1 Å². The molecule has 0 amide bonds. The van der Waals surface area contributed by atoms with Crippen LogP contribution in [0.4, 0.5) is 8.78 Å². The molecular formula is C12H9F2N3OS2. The van der Waals surface area contributed by atoms with E-state index in [1.165, 1.54) is 18.3 Å². The molecule has 0 radical (unpaired) electrons. The van der Waals surface area contributed by atoms with Gasteiger partial charge in [-0.3, -0.25) is 5.43 Å². The first kappa shape index (κ1) is 14.5. The van der Waals surface area contributed by atoms with Crippen molar-refractivity contribution in [3.63, 3.8) is 0 Å². The molecule has 1 aromatic heterocycles. The molecule has 104 valence electrons. The number of hydrazone groups is 1. The third-order valence-electron chi connectivity index (χ3n) is 2.07. The van der Waals surface area contributed by atoms with Gasteiger partial charge in [-0.2, -0.15) is 5.10 Å². The Morgan fingerprint density at radius 1 is 1.35 bits per heavy atom. The molecule has 0 spiro atoms. The van der Waals surface area contributed by atoms with Crippen LogP contribution in [0.2, 0.25) is 0 Å². The highest BCUT2D eigenvalue weighted by molar-refractivity contribution is 7.99. The van der Waals surface area contributed by atoms with Crippen LogP contribution in [0.1, 0.15) is 5.76 Å². The Morgan fingerprint density at radius 3 is 2.85 bits per heavy atom. The number of nitrogens with zero attached hydrogens (tertiary/aromatic N) is 1. The average molecular weight is 313 g/mol. The van der Waals surface area contributed by atoms with Gasteiger partial charge in [0.1, 0.15) is 17.4 Å². The van der Waals surface area contributed by atoms with Crippen molar-refractivity contribution >= 4 is 35.3 Å². The van der Waals surface area contributed by atoms with Crippen molar-refractivity contribution in [2.75, 3.05) is 0 Å². The second kappa shape index (κ2) is 6.49. The zero-order chi connectivity index (χ0) is 14.5. The lowest BCUT2D eigenvalue weighted by molar-refractivity contribution is 0.468. The zero-order valence-electron chi connectivity index (χ0n) is 9.97. The lowest BCUT2D eigenvalue weighted by Gasteiger charge is -1.99. The Balaban J connectivity index is 2.05. The Bertz CT molecular complexity index is 658. The van der Waals surface area contributed by atoms with E-state index >= 15 is 0 Å². The number of halogens is 2. The predicted molar refractivity (Wildman–Crippen MR) is 76.7 cm³/mol. The molecule has 4 nitrogen and oxygen atoms in total. The molecule has 0 fully saturated rings. The zero-order valence-corrected chi connectivity index (χ0v) is 11.6. The molecule has 0 saturated carbocycles. The summed E-state index contributed by atoms with van der Waals surface area (Å²) in [4.78, 5) is 0.269. The predicted octanol–water partition coefficient (Wildman–Crippen LogP) is 2.88. The van der Waals surface area contributed by atoms with E-state index in [4.69, 9.17) is 10.2 Å². The first-order valence-electron chi connectivity index (χ1n) is 5.36. The van der Waals surface area contributed by atoms with E-state index in [0.717, 1.165) is 17.8 Å². The summed E-state index contributed by atoms with van der Waals surface area (Å²) in [5.41, 5.74) is 7.57. The highest BCUT2D eigenvalue weighted by atomic mass is 32.2. The third-order valence-corrected chi connectivity index (χ3v) is 3.14. The van der Waals surface area contributed by atoms with Gasteiger partial charge in [0.25, 0.3) is 0 Å². The standard InChI is InChI=1S/C12H9F2N3OS2/c13-7-1-3-10(9(14)5-7)20-11-4-2-8(18-11)6-16-17-12(15)19/h1-6H,(H3,15,17,19)/b16-6+. The first-order chi connectivity index (χ1) is 9.54. The minimum Gasteiger partial charge on any atom is -0.448 e. The second-order valence-corrected chi connectivity index (χ2v) is 5.05. The molecule has 1 heterocycles. The molecule has 0 aliphatic heterocycles. The molecule has 8 heteroatoms. The smallest absolute Gasteiger partial charge is 0.184 e. The minimum atomic E-state index is -0.642. The normalized spacial score (nSPS) is 10.9. The summed E-state index contributed by atoms with van der Waals surface area (Å²) in [6.45, 7) is 0. The van der Waals surface area contributed by atoms with Crippen molar-refractivity contribution in [1.82, 2.24) is 5.43 Å². The lowest BCUT2D eigenvalue weighted by atomic mass is 10.3. The summed E-state index contributed by atoms with van der Waals surface area (Å²) in [5.74, 6) is -0.821. The number of thiocarbonyl (C=S) groups is 1. The molecule has 20 heavy (non-hydrogen) atoms. The molecule has 1 aromatic carbocycles. The van der Waals surface area contributed by atoms with Crippen LogP contribution in [0.5, 0.6) is 0 Å². The van der Waals surface area contributed by atoms with Crippen LogP contribution in [0, 0.1) is 11.6 Å².